The van der Waals surface area contributed by atoms with Crippen LogP contribution in [0.3, 0.4) is 0 Å². The van der Waals surface area contributed by atoms with Gasteiger partial charge in [0, 0.05) is 44.0 Å². The quantitative estimate of drug-likeness (QED) is 0.537. The number of morpholine rings is 1. The van der Waals surface area contributed by atoms with Crippen LogP contribution in [-0.4, -0.2) is 61.3 Å². The molecule has 0 bridgehead atoms. The van der Waals surface area contributed by atoms with Crippen LogP contribution in [0.15, 0.2) is 36.4 Å². The summed E-state index contributed by atoms with van der Waals surface area (Å²) >= 11 is 0. The molecule has 0 spiro atoms. The number of hydrogen-bond donors (Lipinski definition) is 2. The number of aromatic nitrogens is 1. The van der Waals surface area contributed by atoms with Gasteiger partial charge in [0.1, 0.15) is 11.6 Å². The molecule has 1 saturated heterocycles. The van der Waals surface area contributed by atoms with Crippen LogP contribution in [0.1, 0.15) is 0 Å². The van der Waals surface area contributed by atoms with Crippen LogP contribution in [0.5, 0.6) is 5.75 Å². The molecule has 1 aliphatic rings. The summed E-state index contributed by atoms with van der Waals surface area (Å²) in [6, 6.07) is 10.4. The summed E-state index contributed by atoms with van der Waals surface area (Å²) in [4.78, 5) is 17.5. The lowest BCUT2D eigenvalue weighted by Gasteiger charge is -2.26. The largest absolute Gasteiger partial charge is 0.497 e. The highest BCUT2D eigenvalue weighted by molar-refractivity contribution is 5.65. The van der Waals surface area contributed by atoms with E-state index < -0.39 is 4.92 Å². The third-order valence-corrected chi connectivity index (χ3v) is 4.24. The van der Waals surface area contributed by atoms with Gasteiger partial charge in [-0.2, -0.15) is 0 Å². The molecule has 2 aromatic rings. The van der Waals surface area contributed by atoms with Crippen LogP contribution in [-0.2, 0) is 4.74 Å². The fourth-order valence-electron chi connectivity index (χ4n) is 2.80. The molecule has 2 heterocycles. The van der Waals surface area contributed by atoms with Crippen LogP contribution in [0.2, 0.25) is 0 Å². The zero-order valence-corrected chi connectivity index (χ0v) is 15.2. The van der Waals surface area contributed by atoms with E-state index in [1.54, 1.807) is 13.2 Å². The number of ether oxygens (including phenoxy) is 2. The van der Waals surface area contributed by atoms with E-state index in [4.69, 9.17) is 9.47 Å². The van der Waals surface area contributed by atoms with Gasteiger partial charge >= 0.3 is 5.69 Å². The van der Waals surface area contributed by atoms with Crippen molar-refractivity contribution in [3.05, 3.63) is 46.5 Å². The molecule has 1 aromatic heterocycles. The molecule has 0 aliphatic carbocycles. The van der Waals surface area contributed by atoms with Gasteiger partial charge in [-0.25, -0.2) is 4.98 Å². The Labute approximate surface area is 157 Å². The van der Waals surface area contributed by atoms with E-state index in [9.17, 15) is 10.1 Å². The summed E-state index contributed by atoms with van der Waals surface area (Å²) in [6.45, 7) is 4.52. The zero-order chi connectivity index (χ0) is 19.1. The van der Waals surface area contributed by atoms with Gasteiger partial charge in [0.25, 0.3) is 0 Å². The van der Waals surface area contributed by atoms with Crippen molar-refractivity contribution in [3.63, 3.8) is 0 Å². The van der Waals surface area contributed by atoms with E-state index in [2.05, 4.69) is 20.5 Å². The first-order valence-corrected chi connectivity index (χ1v) is 8.76. The molecule has 27 heavy (non-hydrogen) atoms. The molecule has 144 valence electrons. The number of nitrogens with one attached hydrogen (secondary N) is 2. The maximum atomic E-state index is 11.3. The Bertz CT molecular complexity index is 780. The minimum absolute atomic E-state index is 0.0480. The molecule has 1 aliphatic heterocycles. The lowest BCUT2D eigenvalue weighted by Crippen LogP contribution is -2.39. The molecular formula is C18H23N5O4. The Morgan fingerprint density at radius 2 is 2.11 bits per heavy atom. The molecule has 1 fully saturated rings. The Morgan fingerprint density at radius 1 is 1.30 bits per heavy atom. The van der Waals surface area contributed by atoms with Crippen molar-refractivity contribution < 1.29 is 14.4 Å². The minimum atomic E-state index is -0.431. The number of pyridine rings is 1. The summed E-state index contributed by atoms with van der Waals surface area (Å²) in [5, 5.41) is 17.5. The highest BCUT2D eigenvalue weighted by Gasteiger charge is 2.17. The van der Waals surface area contributed by atoms with E-state index in [-0.39, 0.29) is 11.5 Å². The van der Waals surface area contributed by atoms with Crippen molar-refractivity contribution in [1.29, 1.82) is 0 Å². The lowest BCUT2D eigenvalue weighted by molar-refractivity contribution is -0.384. The summed E-state index contributed by atoms with van der Waals surface area (Å²) < 4.78 is 10.5. The van der Waals surface area contributed by atoms with Crippen LogP contribution in [0, 0.1) is 10.1 Å². The van der Waals surface area contributed by atoms with Crippen molar-refractivity contribution in [3.8, 4) is 5.75 Å². The maximum Gasteiger partial charge on any atom is 0.311 e. The third-order valence-electron chi connectivity index (χ3n) is 4.24. The van der Waals surface area contributed by atoms with Gasteiger partial charge in [-0.3, -0.25) is 15.0 Å². The second kappa shape index (κ2) is 9.15. The van der Waals surface area contributed by atoms with Crippen molar-refractivity contribution >= 4 is 23.0 Å². The van der Waals surface area contributed by atoms with Gasteiger partial charge < -0.3 is 20.1 Å². The van der Waals surface area contributed by atoms with Gasteiger partial charge in [0.2, 0.25) is 5.82 Å². The first kappa shape index (κ1) is 18.9. The fraction of sp³-hybridized carbons (Fsp3) is 0.389. The standard InChI is InChI=1S/C18H23N5O4/c1-26-15-4-2-3-14(13-15)20-17-6-5-16(23(24)25)18(21-17)19-7-8-22-9-11-27-12-10-22/h2-6,13H,7-12H2,1H3,(H2,19,20,21). The van der Waals surface area contributed by atoms with Crippen molar-refractivity contribution in [2.24, 2.45) is 0 Å². The van der Waals surface area contributed by atoms with Gasteiger partial charge in [0.05, 0.1) is 25.2 Å². The second-order valence-corrected chi connectivity index (χ2v) is 6.06. The Kier molecular flexibility index (Phi) is 6.39. The molecule has 1 aromatic carbocycles. The molecule has 0 unspecified atom stereocenters. The zero-order valence-electron chi connectivity index (χ0n) is 15.2. The number of rotatable bonds is 8. The number of methoxy groups -OCH3 is 1. The van der Waals surface area contributed by atoms with Gasteiger partial charge in [-0.15, -0.1) is 0 Å². The molecule has 0 saturated carbocycles. The van der Waals surface area contributed by atoms with Gasteiger partial charge in [-0.1, -0.05) is 6.07 Å². The van der Waals surface area contributed by atoms with E-state index in [1.807, 2.05) is 24.3 Å². The van der Waals surface area contributed by atoms with Crippen LogP contribution in [0.25, 0.3) is 0 Å². The monoisotopic (exact) mass is 373 g/mol. The molecule has 3 rings (SSSR count). The summed E-state index contributed by atoms with van der Waals surface area (Å²) in [6.07, 6.45) is 0. The van der Waals surface area contributed by atoms with Gasteiger partial charge in [-0.05, 0) is 18.2 Å². The average Bonchev–Trinajstić information content (AvgIpc) is 2.69. The first-order chi connectivity index (χ1) is 13.2. The topological polar surface area (TPSA) is 102 Å². The van der Waals surface area contributed by atoms with Crippen molar-refractivity contribution in [2.75, 3.05) is 57.1 Å². The number of nitrogens with zero attached hydrogens (tertiary/aromatic N) is 3. The predicted octanol–water partition coefficient (Wildman–Crippen LogP) is 2.49. The van der Waals surface area contributed by atoms with Crippen LogP contribution in [0.4, 0.5) is 23.0 Å². The second-order valence-electron chi connectivity index (χ2n) is 6.06. The average molecular weight is 373 g/mol. The molecule has 9 nitrogen and oxygen atoms in total. The normalized spacial score (nSPS) is 14.6. The Hall–Kier alpha value is -2.91. The van der Waals surface area contributed by atoms with Gasteiger partial charge in [0.15, 0.2) is 0 Å². The van der Waals surface area contributed by atoms with Crippen molar-refractivity contribution in [1.82, 2.24) is 9.88 Å². The molecule has 0 radical (unpaired) electrons. The third kappa shape index (κ3) is 5.28. The van der Waals surface area contributed by atoms with E-state index in [0.29, 0.717) is 18.1 Å². The van der Waals surface area contributed by atoms with Crippen LogP contribution < -0.4 is 15.4 Å². The molecule has 9 heteroatoms. The summed E-state index contributed by atoms with van der Waals surface area (Å²) in [5.41, 5.74) is 0.739. The summed E-state index contributed by atoms with van der Waals surface area (Å²) in [7, 11) is 1.60. The number of nitro groups is 1. The maximum absolute atomic E-state index is 11.3. The van der Waals surface area contributed by atoms with E-state index in [0.717, 1.165) is 38.5 Å². The Balaban J connectivity index is 1.68. The lowest BCUT2D eigenvalue weighted by atomic mass is 10.3. The highest BCUT2D eigenvalue weighted by Crippen LogP contribution is 2.26. The number of benzene rings is 1. The molecule has 0 atom stereocenters. The molecule has 0 amide bonds. The van der Waals surface area contributed by atoms with Crippen LogP contribution >= 0.6 is 0 Å². The van der Waals surface area contributed by atoms with Crippen molar-refractivity contribution in [2.45, 2.75) is 0 Å². The predicted molar refractivity (Wildman–Crippen MR) is 103 cm³/mol. The smallest absolute Gasteiger partial charge is 0.311 e. The van der Waals surface area contributed by atoms with E-state index >= 15 is 0 Å². The minimum Gasteiger partial charge on any atom is -0.497 e. The number of hydrogen-bond acceptors (Lipinski definition) is 8. The van der Waals surface area contributed by atoms with E-state index in [1.165, 1.54) is 6.07 Å². The molecule has 2 N–H and O–H groups in total. The Morgan fingerprint density at radius 3 is 2.85 bits per heavy atom. The SMILES string of the molecule is COc1cccc(Nc2ccc([N+](=O)[O-])c(NCCN3CCOCC3)n2)c1. The number of anilines is 3. The highest BCUT2D eigenvalue weighted by atomic mass is 16.6. The first-order valence-electron chi connectivity index (χ1n) is 8.76. The molecular weight excluding hydrogens is 350 g/mol. The summed E-state index contributed by atoms with van der Waals surface area (Å²) in [5.74, 6) is 1.48. The fourth-order valence-corrected chi connectivity index (χ4v) is 2.80.